The standard InChI is InChI=1S/C25H26F2N4O2/c1-15-14-29-20(28)13-18(15)12-19-22(23(26)27)31(24(19)32)25(33)30-21(16-8-4-2-5-9-16)17-10-6-3-7-11-17/h2-11,13,15,19,21-23H,12,14H2,1H3,(H2,28,29)(H,30,33)/t15?,19-,22+/m1/s1. The van der Waals surface area contributed by atoms with E-state index in [1.54, 1.807) is 6.08 Å². The predicted octanol–water partition coefficient (Wildman–Crippen LogP) is 3.90. The van der Waals surface area contributed by atoms with Gasteiger partial charge in [0.25, 0.3) is 6.43 Å². The lowest BCUT2D eigenvalue weighted by Gasteiger charge is -2.46. The molecule has 2 aliphatic rings. The molecule has 6 nitrogen and oxygen atoms in total. The normalized spacial score (nSPS) is 22.6. The number of urea groups is 1. The van der Waals surface area contributed by atoms with Crippen LogP contribution in [-0.4, -0.2) is 41.7 Å². The molecular formula is C25H26F2N4O2. The van der Waals surface area contributed by atoms with Gasteiger partial charge in [0.2, 0.25) is 5.91 Å². The summed E-state index contributed by atoms with van der Waals surface area (Å²) < 4.78 is 28.0. The van der Waals surface area contributed by atoms with Gasteiger partial charge in [-0.15, -0.1) is 0 Å². The quantitative estimate of drug-likeness (QED) is 0.652. The largest absolute Gasteiger partial charge is 0.384 e. The number of β-lactam (4-membered cyclic amide) rings is 1. The molecule has 8 heteroatoms. The van der Waals surface area contributed by atoms with Crippen molar-refractivity contribution in [2.45, 2.75) is 31.9 Å². The molecule has 33 heavy (non-hydrogen) atoms. The molecule has 0 bridgehead atoms. The summed E-state index contributed by atoms with van der Waals surface area (Å²) in [6.07, 6.45) is -1.07. The number of nitrogens with two attached hydrogens (primary N) is 1. The molecule has 172 valence electrons. The van der Waals surface area contributed by atoms with Gasteiger partial charge in [-0.05, 0) is 29.5 Å². The molecule has 1 fully saturated rings. The molecule has 3 atom stereocenters. The zero-order chi connectivity index (χ0) is 23.5. The van der Waals surface area contributed by atoms with Crippen LogP contribution in [-0.2, 0) is 4.79 Å². The van der Waals surface area contributed by atoms with Gasteiger partial charge in [0.15, 0.2) is 0 Å². The fourth-order valence-electron chi connectivity index (χ4n) is 4.40. The highest BCUT2D eigenvalue weighted by Crippen LogP contribution is 2.38. The van der Waals surface area contributed by atoms with Crippen LogP contribution in [0.1, 0.15) is 30.5 Å². The first-order valence-corrected chi connectivity index (χ1v) is 10.9. The minimum absolute atomic E-state index is 0.00633. The zero-order valence-electron chi connectivity index (χ0n) is 18.2. The smallest absolute Gasteiger partial charge is 0.325 e. The number of benzene rings is 2. The SMILES string of the molecule is CC1CN=C(N)C=C1C[C@H]1C(=O)N(C(=O)NC(c2ccccc2)c2ccccc2)[C@@H]1C(F)F. The fraction of sp³-hybridized carbons (Fsp3) is 0.320. The molecule has 2 aliphatic heterocycles. The number of aliphatic imine (C=N–C) groups is 1. The summed E-state index contributed by atoms with van der Waals surface area (Å²) in [5, 5.41) is 2.79. The number of amides is 3. The minimum Gasteiger partial charge on any atom is -0.384 e. The van der Waals surface area contributed by atoms with Crippen LogP contribution in [0, 0.1) is 11.8 Å². The third kappa shape index (κ3) is 4.65. The Morgan fingerprint density at radius 1 is 1.12 bits per heavy atom. The van der Waals surface area contributed by atoms with Crippen molar-refractivity contribution in [1.29, 1.82) is 0 Å². The number of nitrogens with one attached hydrogen (secondary N) is 1. The second-order valence-electron chi connectivity index (χ2n) is 8.43. The maximum Gasteiger partial charge on any atom is 0.325 e. The van der Waals surface area contributed by atoms with E-state index in [-0.39, 0.29) is 12.3 Å². The summed E-state index contributed by atoms with van der Waals surface area (Å²) in [6.45, 7) is 2.37. The lowest BCUT2D eigenvalue weighted by Crippen LogP contribution is -2.68. The van der Waals surface area contributed by atoms with Gasteiger partial charge in [-0.1, -0.05) is 73.2 Å². The summed E-state index contributed by atoms with van der Waals surface area (Å²) in [5.41, 5.74) is 8.13. The number of alkyl halides is 2. The van der Waals surface area contributed by atoms with Crippen LogP contribution in [0.5, 0.6) is 0 Å². The Morgan fingerprint density at radius 2 is 1.70 bits per heavy atom. The van der Waals surface area contributed by atoms with Crippen LogP contribution in [0.4, 0.5) is 13.6 Å². The number of carbonyl (C=O) groups excluding carboxylic acids is 2. The monoisotopic (exact) mass is 452 g/mol. The van der Waals surface area contributed by atoms with Gasteiger partial charge in [0.1, 0.15) is 11.9 Å². The van der Waals surface area contributed by atoms with E-state index >= 15 is 0 Å². The number of rotatable bonds is 6. The number of hydrogen-bond donors (Lipinski definition) is 2. The number of nitrogens with zero attached hydrogens (tertiary/aromatic N) is 2. The minimum atomic E-state index is -2.85. The highest BCUT2D eigenvalue weighted by Gasteiger charge is 2.55. The van der Waals surface area contributed by atoms with E-state index in [0.717, 1.165) is 16.7 Å². The summed E-state index contributed by atoms with van der Waals surface area (Å²) in [6, 6.07) is 15.5. The molecule has 0 spiro atoms. The van der Waals surface area contributed by atoms with Crippen LogP contribution in [0.3, 0.4) is 0 Å². The molecular weight excluding hydrogens is 426 g/mol. The van der Waals surface area contributed by atoms with Crippen LogP contribution < -0.4 is 11.1 Å². The average Bonchev–Trinajstić information content (AvgIpc) is 2.82. The van der Waals surface area contributed by atoms with E-state index in [9.17, 15) is 18.4 Å². The first-order chi connectivity index (χ1) is 15.9. The van der Waals surface area contributed by atoms with Gasteiger partial charge in [-0.2, -0.15) is 0 Å². The first-order valence-electron chi connectivity index (χ1n) is 10.9. The maximum atomic E-state index is 14.0. The van der Waals surface area contributed by atoms with E-state index in [4.69, 9.17) is 5.73 Å². The molecule has 2 heterocycles. The maximum absolute atomic E-state index is 14.0. The van der Waals surface area contributed by atoms with Crippen molar-refractivity contribution in [2.24, 2.45) is 22.6 Å². The van der Waals surface area contributed by atoms with Gasteiger partial charge in [0, 0.05) is 6.54 Å². The van der Waals surface area contributed by atoms with Crippen LogP contribution in [0.15, 0.2) is 77.3 Å². The first kappa shape index (κ1) is 22.6. The Balaban J connectivity index is 1.54. The molecule has 0 saturated carbocycles. The summed E-state index contributed by atoms with van der Waals surface area (Å²) >= 11 is 0. The zero-order valence-corrected chi connectivity index (χ0v) is 18.2. The van der Waals surface area contributed by atoms with Crippen LogP contribution in [0.25, 0.3) is 0 Å². The highest BCUT2D eigenvalue weighted by molar-refractivity contribution is 6.02. The van der Waals surface area contributed by atoms with Gasteiger partial charge >= 0.3 is 6.03 Å². The lowest BCUT2D eigenvalue weighted by molar-refractivity contribution is -0.159. The number of imide groups is 1. The van der Waals surface area contributed by atoms with Gasteiger partial charge < -0.3 is 11.1 Å². The van der Waals surface area contributed by atoms with E-state index in [1.165, 1.54) is 0 Å². The Labute approximate surface area is 191 Å². The van der Waals surface area contributed by atoms with Gasteiger partial charge in [0.05, 0.1) is 12.0 Å². The third-order valence-corrected chi connectivity index (χ3v) is 6.25. The number of amidine groups is 1. The van der Waals surface area contributed by atoms with Crippen molar-refractivity contribution < 1.29 is 18.4 Å². The molecule has 3 N–H and O–H groups in total. The number of carbonyl (C=O) groups is 2. The number of likely N-dealkylation sites (tertiary alicyclic amines) is 1. The molecule has 0 aromatic heterocycles. The Kier molecular flexibility index (Phi) is 6.53. The van der Waals surface area contributed by atoms with E-state index in [1.807, 2.05) is 67.6 Å². The molecule has 4 rings (SSSR count). The topological polar surface area (TPSA) is 87.8 Å². The summed E-state index contributed by atoms with van der Waals surface area (Å²) in [4.78, 5) is 30.7. The molecule has 0 radical (unpaired) electrons. The third-order valence-electron chi connectivity index (χ3n) is 6.25. The van der Waals surface area contributed by atoms with Crippen molar-refractivity contribution in [1.82, 2.24) is 10.2 Å². The molecule has 1 unspecified atom stereocenters. The summed E-state index contributed by atoms with van der Waals surface area (Å²) in [5.74, 6) is -1.24. The van der Waals surface area contributed by atoms with Gasteiger partial charge in [-0.3, -0.25) is 14.7 Å². The lowest BCUT2D eigenvalue weighted by atomic mass is 9.79. The van der Waals surface area contributed by atoms with E-state index in [2.05, 4.69) is 10.3 Å². The Morgan fingerprint density at radius 3 is 2.24 bits per heavy atom. The van der Waals surface area contributed by atoms with Crippen molar-refractivity contribution in [3.63, 3.8) is 0 Å². The predicted molar refractivity (Wildman–Crippen MR) is 122 cm³/mol. The van der Waals surface area contributed by atoms with Crippen molar-refractivity contribution in [3.05, 3.63) is 83.4 Å². The Hall–Kier alpha value is -3.55. The summed E-state index contributed by atoms with van der Waals surface area (Å²) in [7, 11) is 0. The fourth-order valence-corrected chi connectivity index (χ4v) is 4.40. The van der Waals surface area contributed by atoms with Crippen LogP contribution >= 0.6 is 0 Å². The number of halogens is 2. The van der Waals surface area contributed by atoms with Crippen molar-refractivity contribution >= 4 is 17.8 Å². The Bertz CT molecular complexity index is 1030. The second kappa shape index (κ2) is 9.52. The molecule has 2 aromatic carbocycles. The molecule has 1 saturated heterocycles. The van der Waals surface area contributed by atoms with E-state index < -0.39 is 36.4 Å². The second-order valence-corrected chi connectivity index (χ2v) is 8.43. The van der Waals surface area contributed by atoms with Crippen LogP contribution in [0.2, 0.25) is 0 Å². The number of dihydropyridines is 1. The molecule has 0 aliphatic carbocycles. The van der Waals surface area contributed by atoms with Crippen molar-refractivity contribution in [2.75, 3.05) is 6.54 Å². The van der Waals surface area contributed by atoms with E-state index in [0.29, 0.717) is 17.3 Å². The van der Waals surface area contributed by atoms with Crippen molar-refractivity contribution in [3.8, 4) is 0 Å². The molecule has 3 amide bonds. The molecule has 2 aromatic rings. The number of hydrogen-bond acceptors (Lipinski definition) is 4. The van der Waals surface area contributed by atoms with Gasteiger partial charge in [-0.25, -0.2) is 13.6 Å². The average molecular weight is 453 g/mol. The highest BCUT2D eigenvalue weighted by atomic mass is 19.3.